The van der Waals surface area contributed by atoms with E-state index in [1.165, 1.54) is 12.1 Å². The van der Waals surface area contributed by atoms with Gasteiger partial charge in [0.15, 0.2) is 5.69 Å². The van der Waals surface area contributed by atoms with Crippen molar-refractivity contribution in [3.63, 3.8) is 0 Å². The molecule has 0 aliphatic carbocycles. The molecule has 1 saturated heterocycles. The molecule has 0 saturated carbocycles. The molecule has 0 atom stereocenters. The van der Waals surface area contributed by atoms with E-state index >= 15 is 0 Å². The van der Waals surface area contributed by atoms with E-state index in [4.69, 9.17) is 0 Å². The normalized spacial score (nSPS) is 15.9. The highest BCUT2D eigenvalue weighted by molar-refractivity contribution is 14.1. The van der Waals surface area contributed by atoms with Crippen LogP contribution in [0.15, 0.2) is 30.5 Å². The van der Waals surface area contributed by atoms with Gasteiger partial charge in [-0.25, -0.2) is 4.39 Å². The second-order valence-corrected chi connectivity index (χ2v) is 6.86. The van der Waals surface area contributed by atoms with Gasteiger partial charge in [0.25, 0.3) is 5.91 Å². The Hall–Kier alpha value is -1.48. The molecule has 1 fully saturated rings. The van der Waals surface area contributed by atoms with E-state index in [0.29, 0.717) is 18.8 Å². The molecular weight excluding hydrogens is 410 g/mol. The molecule has 0 unspecified atom stereocenters. The average Bonchev–Trinajstić information content (AvgIpc) is 2.88. The second kappa shape index (κ2) is 6.96. The maximum atomic E-state index is 12.9. The third kappa shape index (κ3) is 3.89. The molecule has 1 aromatic heterocycles. The van der Waals surface area contributed by atoms with E-state index in [2.05, 4.69) is 32.6 Å². The van der Waals surface area contributed by atoms with E-state index < -0.39 is 0 Å². The summed E-state index contributed by atoms with van der Waals surface area (Å²) >= 11 is 2.14. The highest BCUT2D eigenvalue weighted by Crippen LogP contribution is 2.15. The minimum Gasteiger partial charge on any atom is -0.335 e. The zero-order chi connectivity index (χ0) is 16.4. The highest BCUT2D eigenvalue weighted by atomic mass is 127. The van der Waals surface area contributed by atoms with Gasteiger partial charge in [-0.1, -0.05) is 12.1 Å². The predicted octanol–water partition coefficient (Wildman–Crippen LogP) is 2.12. The number of hydrogen-bond donors (Lipinski definition) is 0. The van der Waals surface area contributed by atoms with Crippen LogP contribution in [0.4, 0.5) is 4.39 Å². The van der Waals surface area contributed by atoms with E-state index in [9.17, 15) is 9.18 Å². The fourth-order valence-corrected chi connectivity index (χ4v) is 3.45. The van der Waals surface area contributed by atoms with Gasteiger partial charge in [0, 0.05) is 46.0 Å². The van der Waals surface area contributed by atoms with Crippen LogP contribution in [0.3, 0.4) is 0 Å². The molecular formula is C16H18FIN4O. The summed E-state index contributed by atoms with van der Waals surface area (Å²) in [6.07, 6.45) is 1.85. The van der Waals surface area contributed by atoms with Crippen molar-refractivity contribution < 1.29 is 9.18 Å². The lowest BCUT2D eigenvalue weighted by Gasteiger charge is -2.34. The Morgan fingerprint density at radius 3 is 2.43 bits per heavy atom. The quantitative estimate of drug-likeness (QED) is 0.704. The van der Waals surface area contributed by atoms with Gasteiger partial charge in [0.1, 0.15) is 5.82 Å². The van der Waals surface area contributed by atoms with Crippen molar-refractivity contribution in [1.82, 2.24) is 19.6 Å². The maximum absolute atomic E-state index is 12.9. The molecule has 0 spiro atoms. The lowest BCUT2D eigenvalue weighted by atomic mass is 10.2. The first-order valence-electron chi connectivity index (χ1n) is 7.48. The molecule has 1 aliphatic rings. The Morgan fingerprint density at radius 2 is 1.87 bits per heavy atom. The third-order valence-corrected chi connectivity index (χ3v) is 4.76. The van der Waals surface area contributed by atoms with E-state index in [1.807, 2.05) is 30.3 Å². The summed E-state index contributed by atoms with van der Waals surface area (Å²) in [5.41, 5.74) is 1.62. The van der Waals surface area contributed by atoms with Crippen molar-refractivity contribution in [3.05, 3.63) is 51.1 Å². The summed E-state index contributed by atoms with van der Waals surface area (Å²) in [7, 11) is 1.82. The van der Waals surface area contributed by atoms with Crippen molar-refractivity contribution in [2.24, 2.45) is 7.05 Å². The molecule has 5 nitrogen and oxygen atoms in total. The fraction of sp³-hybridized carbons (Fsp3) is 0.375. The van der Waals surface area contributed by atoms with Gasteiger partial charge >= 0.3 is 0 Å². The molecule has 2 aromatic rings. The minimum atomic E-state index is -0.214. The molecule has 0 radical (unpaired) electrons. The first kappa shape index (κ1) is 16.4. The highest BCUT2D eigenvalue weighted by Gasteiger charge is 2.25. The van der Waals surface area contributed by atoms with Crippen molar-refractivity contribution in [3.8, 4) is 0 Å². The standard InChI is InChI=1S/C16H18FIN4O/c1-20-11-14(18)15(19-20)16(23)22-8-6-21(7-9-22)10-12-2-4-13(17)5-3-12/h2-5,11H,6-10H2,1H3. The predicted molar refractivity (Wildman–Crippen MR) is 93.5 cm³/mol. The third-order valence-electron chi connectivity index (χ3n) is 3.97. The number of benzene rings is 1. The number of nitrogens with zero attached hydrogens (tertiary/aromatic N) is 4. The summed E-state index contributed by atoms with van der Waals surface area (Å²) in [6.45, 7) is 3.78. The van der Waals surface area contributed by atoms with Crippen LogP contribution in [0.2, 0.25) is 0 Å². The van der Waals surface area contributed by atoms with Crippen LogP contribution in [0.1, 0.15) is 16.1 Å². The molecule has 1 amide bonds. The van der Waals surface area contributed by atoms with Gasteiger partial charge in [-0.15, -0.1) is 0 Å². The Bertz CT molecular complexity index is 693. The summed E-state index contributed by atoms with van der Waals surface area (Å²) in [6, 6.07) is 6.59. The number of amides is 1. The Kier molecular flexibility index (Phi) is 4.96. The van der Waals surface area contributed by atoms with E-state index in [-0.39, 0.29) is 11.7 Å². The van der Waals surface area contributed by atoms with Crippen LogP contribution in [-0.2, 0) is 13.6 Å². The number of carbonyl (C=O) groups is 1. The van der Waals surface area contributed by atoms with Crippen molar-refractivity contribution in [2.45, 2.75) is 6.54 Å². The van der Waals surface area contributed by atoms with Gasteiger partial charge < -0.3 is 4.90 Å². The van der Waals surface area contributed by atoms with E-state index in [1.54, 1.807) is 4.68 Å². The summed E-state index contributed by atoms with van der Waals surface area (Å²) in [5, 5.41) is 4.25. The Balaban J connectivity index is 1.57. The smallest absolute Gasteiger partial charge is 0.275 e. The van der Waals surface area contributed by atoms with Crippen LogP contribution in [0.25, 0.3) is 0 Å². The van der Waals surface area contributed by atoms with Gasteiger partial charge in [0.05, 0.1) is 3.57 Å². The minimum absolute atomic E-state index is 0.00330. The van der Waals surface area contributed by atoms with Gasteiger partial charge in [0.2, 0.25) is 0 Å². The van der Waals surface area contributed by atoms with Crippen LogP contribution in [0.5, 0.6) is 0 Å². The van der Waals surface area contributed by atoms with Gasteiger partial charge in [-0.05, 0) is 40.3 Å². The number of halogens is 2. The molecule has 0 bridgehead atoms. The first-order chi connectivity index (χ1) is 11.0. The molecule has 3 rings (SSSR count). The van der Waals surface area contributed by atoms with E-state index in [0.717, 1.165) is 28.8 Å². The molecule has 7 heteroatoms. The number of hydrogen-bond acceptors (Lipinski definition) is 3. The Labute approximate surface area is 148 Å². The summed E-state index contributed by atoms with van der Waals surface area (Å²) in [4.78, 5) is 16.7. The van der Waals surface area contributed by atoms with Crippen LogP contribution < -0.4 is 0 Å². The zero-order valence-electron chi connectivity index (χ0n) is 12.9. The number of piperazine rings is 1. The molecule has 122 valence electrons. The molecule has 1 aliphatic heterocycles. The molecule has 1 aromatic carbocycles. The molecule has 23 heavy (non-hydrogen) atoms. The molecule has 2 heterocycles. The van der Waals surface area contributed by atoms with Gasteiger partial charge in [-0.3, -0.25) is 14.4 Å². The maximum Gasteiger partial charge on any atom is 0.275 e. The van der Waals surface area contributed by atoms with Gasteiger partial charge in [-0.2, -0.15) is 5.10 Å². The number of rotatable bonds is 3. The zero-order valence-corrected chi connectivity index (χ0v) is 15.0. The van der Waals surface area contributed by atoms with Crippen LogP contribution in [-0.4, -0.2) is 51.7 Å². The topological polar surface area (TPSA) is 41.4 Å². The van der Waals surface area contributed by atoms with Crippen LogP contribution >= 0.6 is 22.6 Å². The first-order valence-corrected chi connectivity index (χ1v) is 8.56. The fourth-order valence-electron chi connectivity index (χ4n) is 2.71. The largest absolute Gasteiger partial charge is 0.335 e. The van der Waals surface area contributed by atoms with Crippen molar-refractivity contribution >= 4 is 28.5 Å². The monoisotopic (exact) mass is 428 g/mol. The van der Waals surface area contributed by atoms with Crippen molar-refractivity contribution in [1.29, 1.82) is 0 Å². The summed E-state index contributed by atoms with van der Waals surface area (Å²) < 4.78 is 15.5. The SMILES string of the molecule is Cn1cc(I)c(C(=O)N2CCN(Cc3ccc(F)cc3)CC2)n1. The lowest BCUT2D eigenvalue weighted by molar-refractivity contribution is 0.0621. The second-order valence-electron chi connectivity index (χ2n) is 5.69. The number of carbonyl (C=O) groups excluding carboxylic acids is 1. The Morgan fingerprint density at radius 1 is 1.22 bits per heavy atom. The van der Waals surface area contributed by atoms with Crippen LogP contribution in [0, 0.1) is 9.39 Å². The summed E-state index contributed by atoms with van der Waals surface area (Å²) in [5.74, 6) is -0.217. The molecule has 0 N–H and O–H groups in total. The number of aryl methyl sites for hydroxylation is 1. The van der Waals surface area contributed by atoms with Crippen molar-refractivity contribution in [2.75, 3.05) is 26.2 Å². The number of aromatic nitrogens is 2. The lowest BCUT2D eigenvalue weighted by Crippen LogP contribution is -2.48. The average molecular weight is 428 g/mol.